The Bertz CT molecular complexity index is 450. The lowest BCUT2D eigenvalue weighted by molar-refractivity contribution is 0.00451. The van der Waals surface area contributed by atoms with Crippen LogP contribution in [0.3, 0.4) is 0 Å². The van der Waals surface area contributed by atoms with E-state index in [2.05, 4.69) is 13.0 Å². The van der Waals surface area contributed by atoms with Gasteiger partial charge in [-0.05, 0) is 56.4 Å². The molecular weight excluding hydrogens is 250 g/mol. The molecule has 1 heterocycles. The highest BCUT2D eigenvalue weighted by Crippen LogP contribution is 2.56. The zero-order valence-corrected chi connectivity index (χ0v) is 12.4. The van der Waals surface area contributed by atoms with Crippen LogP contribution in [0.4, 0.5) is 0 Å². The number of hydrogen-bond donors (Lipinski definition) is 1. The molecule has 1 unspecified atom stereocenters. The molecule has 3 aliphatic rings. The highest BCUT2D eigenvalue weighted by atomic mass is 16.5. The first-order valence-corrected chi connectivity index (χ1v) is 8.08. The molecule has 0 aromatic heterocycles. The minimum absolute atomic E-state index is 0.0931. The third-order valence-electron chi connectivity index (χ3n) is 5.81. The Hall–Kier alpha value is -1.01. The number of fused-ring (bicyclic) bond motifs is 2. The number of unbranched alkanes of at least 4 members (excludes halogenated alkanes) is 1. The topological polar surface area (TPSA) is 53.2 Å². The third kappa shape index (κ3) is 2.24. The summed E-state index contributed by atoms with van der Waals surface area (Å²) in [6.07, 6.45) is 9.13. The van der Waals surface area contributed by atoms with Crippen molar-refractivity contribution < 1.29 is 9.84 Å². The van der Waals surface area contributed by atoms with E-state index in [1.807, 2.05) is 0 Å². The van der Waals surface area contributed by atoms with Gasteiger partial charge in [-0.15, -0.1) is 0 Å². The van der Waals surface area contributed by atoms with Gasteiger partial charge in [0, 0.05) is 18.3 Å². The van der Waals surface area contributed by atoms with E-state index in [1.165, 1.54) is 11.3 Å². The van der Waals surface area contributed by atoms with Crippen molar-refractivity contribution in [2.24, 2.45) is 11.3 Å². The quantitative estimate of drug-likeness (QED) is 0.799. The maximum Gasteiger partial charge on any atom is 0.0985 e. The van der Waals surface area contributed by atoms with Crippen molar-refractivity contribution in [3.63, 3.8) is 0 Å². The first kappa shape index (κ1) is 13.9. The van der Waals surface area contributed by atoms with Crippen LogP contribution in [0, 0.1) is 22.7 Å². The smallest absolute Gasteiger partial charge is 0.0985 e. The predicted octanol–water partition coefficient (Wildman–Crippen LogP) is 3.68. The van der Waals surface area contributed by atoms with Crippen molar-refractivity contribution in [3.8, 4) is 6.07 Å². The van der Waals surface area contributed by atoms with Crippen LogP contribution in [-0.4, -0.2) is 17.3 Å². The van der Waals surface area contributed by atoms with Gasteiger partial charge in [-0.2, -0.15) is 5.26 Å². The van der Waals surface area contributed by atoms with Crippen LogP contribution in [0.25, 0.3) is 0 Å². The van der Waals surface area contributed by atoms with E-state index >= 15 is 0 Å². The summed E-state index contributed by atoms with van der Waals surface area (Å²) in [6.45, 7) is 2.26. The molecule has 20 heavy (non-hydrogen) atoms. The average molecular weight is 275 g/mol. The summed E-state index contributed by atoms with van der Waals surface area (Å²) in [4.78, 5) is 0. The summed E-state index contributed by atoms with van der Waals surface area (Å²) < 4.78 is 6.21. The fourth-order valence-electron chi connectivity index (χ4n) is 4.50. The molecule has 0 radical (unpaired) electrons. The van der Waals surface area contributed by atoms with Crippen molar-refractivity contribution in [2.75, 3.05) is 0 Å². The van der Waals surface area contributed by atoms with Gasteiger partial charge in [0.25, 0.3) is 0 Å². The molecule has 0 aromatic rings. The monoisotopic (exact) mass is 275 g/mol. The normalized spacial score (nSPS) is 39.8. The Morgan fingerprint density at radius 2 is 2.20 bits per heavy atom. The van der Waals surface area contributed by atoms with Crippen molar-refractivity contribution >= 4 is 0 Å². The second-order valence-electron chi connectivity index (χ2n) is 6.93. The molecule has 0 aromatic carbocycles. The lowest BCUT2D eigenvalue weighted by atomic mass is 9.66. The molecule has 0 bridgehead atoms. The minimum Gasteiger partial charge on any atom is -0.495 e. The van der Waals surface area contributed by atoms with Gasteiger partial charge in [0.2, 0.25) is 0 Å². The lowest BCUT2D eigenvalue weighted by Gasteiger charge is -2.44. The average Bonchev–Trinajstić information content (AvgIpc) is 2.75. The highest BCUT2D eigenvalue weighted by molar-refractivity contribution is 5.25. The van der Waals surface area contributed by atoms with E-state index in [4.69, 9.17) is 10.00 Å². The molecule has 0 saturated heterocycles. The van der Waals surface area contributed by atoms with Gasteiger partial charge in [0.05, 0.1) is 24.0 Å². The molecule has 1 aliphatic heterocycles. The maximum atomic E-state index is 10.3. The van der Waals surface area contributed by atoms with Crippen molar-refractivity contribution in [3.05, 3.63) is 11.3 Å². The van der Waals surface area contributed by atoms with Crippen molar-refractivity contribution in [2.45, 2.75) is 76.9 Å². The van der Waals surface area contributed by atoms with E-state index in [0.29, 0.717) is 18.4 Å². The molecular formula is C17H25NO2. The van der Waals surface area contributed by atoms with Crippen LogP contribution in [0.5, 0.6) is 0 Å². The number of rotatable bonds is 3. The van der Waals surface area contributed by atoms with Gasteiger partial charge < -0.3 is 9.84 Å². The van der Waals surface area contributed by atoms with Gasteiger partial charge >= 0.3 is 0 Å². The van der Waals surface area contributed by atoms with Gasteiger partial charge in [0.15, 0.2) is 0 Å². The number of hydrogen-bond acceptors (Lipinski definition) is 3. The van der Waals surface area contributed by atoms with E-state index < -0.39 is 0 Å². The van der Waals surface area contributed by atoms with Crippen molar-refractivity contribution in [1.29, 1.82) is 5.26 Å². The first-order chi connectivity index (χ1) is 9.65. The van der Waals surface area contributed by atoms with Gasteiger partial charge in [-0.3, -0.25) is 0 Å². The summed E-state index contributed by atoms with van der Waals surface area (Å²) >= 11 is 0. The first-order valence-electron chi connectivity index (χ1n) is 8.08. The summed E-state index contributed by atoms with van der Waals surface area (Å²) in [5.74, 6) is 1.77. The Morgan fingerprint density at radius 1 is 1.35 bits per heavy atom. The number of nitriles is 1. The Kier molecular flexibility index (Phi) is 3.77. The molecule has 1 fully saturated rings. The van der Waals surface area contributed by atoms with Gasteiger partial charge in [-0.25, -0.2) is 0 Å². The molecule has 0 spiro atoms. The molecule has 0 amide bonds. The predicted molar refractivity (Wildman–Crippen MR) is 76.7 cm³/mol. The van der Waals surface area contributed by atoms with Crippen LogP contribution in [0.15, 0.2) is 11.3 Å². The Morgan fingerprint density at radius 3 is 3.00 bits per heavy atom. The van der Waals surface area contributed by atoms with E-state index in [9.17, 15) is 5.11 Å². The molecule has 3 nitrogen and oxygen atoms in total. The molecule has 3 rings (SSSR count). The summed E-state index contributed by atoms with van der Waals surface area (Å²) in [5.41, 5.74) is 1.60. The van der Waals surface area contributed by atoms with Crippen LogP contribution < -0.4 is 0 Å². The minimum atomic E-state index is -0.130. The molecule has 1 saturated carbocycles. The number of ether oxygens (including phenoxy) is 1. The summed E-state index contributed by atoms with van der Waals surface area (Å²) in [7, 11) is 0. The molecule has 1 N–H and O–H groups in total. The molecule has 3 heteroatoms. The maximum absolute atomic E-state index is 10.3. The number of aliphatic hydroxyl groups excluding tert-OH is 1. The van der Waals surface area contributed by atoms with Gasteiger partial charge in [-0.1, -0.05) is 6.92 Å². The van der Waals surface area contributed by atoms with Crippen molar-refractivity contribution in [1.82, 2.24) is 0 Å². The molecule has 2 aliphatic carbocycles. The van der Waals surface area contributed by atoms with Crippen LogP contribution in [0.1, 0.15) is 64.7 Å². The Labute approximate surface area is 121 Å². The SMILES string of the molecule is C[C@]12CCC3=C(CCC(CCCC#N)O3)[C@@H]1CC[C@H]2O. The van der Waals surface area contributed by atoms with E-state index in [0.717, 1.165) is 51.4 Å². The number of nitrogens with zero attached hydrogens (tertiary/aromatic N) is 1. The molecule has 4 atom stereocenters. The zero-order chi connectivity index (χ0) is 14.2. The van der Waals surface area contributed by atoms with Crippen LogP contribution in [-0.2, 0) is 4.74 Å². The second-order valence-corrected chi connectivity index (χ2v) is 6.93. The van der Waals surface area contributed by atoms with Gasteiger partial charge in [0.1, 0.15) is 0 Å². The zero-order valence-electron chi connectivity index (χ0n) is 12.4. The fraction of sp³-hybridized carbons (Fsp3) is 0.824. The van der Waals surface area contributed by atoms with E-state index in [-0.39, 0.29) is 11.5 Å². The Balaban J connectivity index is 1.69. The van der Waals surface area contributed by atoms with Crippen LogP contribution in [0.2, 0.25) is 0 Å². The van der Waals surface area contributed by atoms with Crippen LogP contribution >= 0.6 is 0 Å². The fourth-order valence-corrected chi connectivity index (χ4v) is 4.50. The number of allylic oxidation sites excluding steroid dienone is 2. The third-order valence-corrected chi connectivity index (χ3v) is 5.81. The molecule has 110 valence electrons. The summed E-state index contributed by atoms with van der Waals surface area (Å²) in [6, 6.07) is 2.21. The second kappa shape index (κ2) is 5.41. The largest absolute Gasteiger partial charge is 0.495 e. The summed E-state index contributed by atoms with van der Waals surface area (Å²) in [5, 5.41) is 18.9. The number of aliphatic hydroxyl groups is 1. The lowest BCUT2D eigenvalue weighted by Crippen LogP contribution is -2.38. The highest BCUT2D eigenvalue weighted by Gasteiger charge is 2.50. The van der Waals surface area contributed by atoms with E-state index in [1.54, 1.807) is 0 Å². The standard InChI is InChI=1S/C17H25NO2/c1-17-10-9-15-13(14(17)7-8-16(17)19)6-5-12(20-15)4-2-3-11-18/h12,14,16,19H,2-10H2,1H3/t12?,14-,16+,17-/m0/s1.